The highest BCUT2D eigenvalue weighted by molar-refractivity contribution is 6.33. The summed E-state index contributed by atoms with van der Waals surface area (Å²) in [6.07, 6.45) is 2.97. The van der Waals surface area contributed by atoms with Gasteiger partial charge in [0.05, 0.1) is 17.6 Å². The van der Waals surface area contributed by atoms with Gasteiger partial charge in [-0.15, -0.1) is 0 Å². The zero-order chi connectivity index (χ0) is 21.3. The maximum atomic E-state index is 12.6. The number of aromatic nitrogens is 6. The molecule has 0 saturated heterocycles. The highest BCUT2D eigenvalue weighted by Gasteiger charge is 2.11. The van der Waals surface area contributed by atoms with E-state index >= 15 is 0 Å². The number of nitrogens with zero attached hydrogens (tertiary/aromatic N) is 6. The van der Waals surface area contributed by atoms with Crippen molar-refractivity contribution in [1.82, 2.24) is 29.4 Å². The number of anilines is 2. The first kappa shape index (κ1) is 20.1. The Hall–Kier alpha value is -3.17. The molecular weight excluding hydrogens is 427 g/mol. The molecule has 0 atom stereocenters. The van der Waals surface area contributed by atoms with E-state index in [9.17, 15) is 4.79 Å². The zero-order valence-corrected chi connectivity index (χ0v) is 17.7. The van der Waals surface area contributed by atoms with Gasteiger partial charge >= 0.3 is 0 Å². The number of rotatable bonds is 6. The third-order valence-corrected chi connectivity index (χ3v) is 5.22. The maximum Gasteiger partial charge on any atom is 0.292 e. The Kier molecular flexibility index (Phi) is 5.56. The summed E-state index contributed by atoms with van der Waals surface area (Å²) in [5, 5.41) is 15.4. The molecule has 3 heterocycles. The molecule has 0 amide bonds. The number of hydrogen-bond donors (Lipinski definition) is 2. The van der Waals surface area contributed by atoms with Crippen LogP contribution in [0.2, 0.25) is 10.0 Å². The van der Waals surface area contributed by atoms with Gasteiger partial charge < -0.3 is 10.6 Å². The molecule has 2 N–H and O–H groups in total. The van der Waals surface area contributed by atoms with Gasteiger partial charge in [0.15, 0.2) is 0 Å². The molecule has 4 aromatic rings. The molecule has 0 aliphatic rings. The maximum absolute atomic E-state index is 12.6. The number of nitrogens with one attached hydrogen (secondary N) is 2. The first-order valence-corrected chi connectivity index (χ1v) is 9.89. The molecule has 1 aromatic carbocycles. The van der Waals surface area contributed by atoms with Gasteiger partial charge in [-0.05, 0) is 31.5 Å². The smallest absolute Gasteiger partial charge is 0.292 e. The predicted molar refractivity (Wildman–Crippen MR) is 117 cm³/mol. The topological polar surface area (TPSA) is 102 Å². The predicted octanol–water partition coefficient (Wildman–Crippen LogP) is 3.12. The lowest BCUT2D eigenvalue weighted by molar-refractivity contribution is 0.806. The minimum absolute atomic E-state index is 0.0557. The van der Waals surface area contributed by atoms with Gasteiger partial charge in [0.2, 0.25) is 0 Å². The van der Waals surface area contributed by atoms with E-state index in [0.29, 0.717) is 35.3 Å². The summed E-state index contributed by atoms with van der Waals surface area (Å²) < 4.78 is 2.84. The van der Waals surface area contributed by atoms with Crippen molar-refractivity contribution >= 4 is 40.5 Å². The highest BCUT2D eigenvalue weighted by atomic mass is 35.5. The van der Waals surface area contributed by atoms with Crippen LogP contribution in [0, 0.1) is 13.8 Å². The van der Waals surface area contributed by atoms with E-state index in [1.807, 2.05) is 26.0 Å². The van der Waals surface area contributed by atoms with Crippen molar-refractivity contribution in [3.05, 3.63) is 68.4 Å². The molecule has 9 nitrogen and oxygen atoms in total. The van der Waals surface area contributed by atoms with E-state index in [-0.39, 0.29) is 5.02 Å². The summed E-state index contributed by atoms with van der Waals surface area (Å²) in [5.41, 5.74) is 2.32. The molecule has 0 aliphatic heterocycles. The van der Waals surface area contributed by atoms with Gasteiger partial charge in [-0.25, -0.2) is 4.98 Å². The Labute approximate surface area is 181 Å². The Morgan fingerprint density at radius 2 is 1.87 bits per heavy atom. The zero-order valence-electron chi connectivity index (χ0n) is 16.2. The lowest BCUT2D eigenvalue weighted by Crippen LogP contribution is -2.24. The summed E-state index contributed by atoms with van der Waals surface area (Å²) >= 11 is 12.4. The van der Waals surface area contributed by atoms with Crippen molar-refractivity contribution in [3.63, 3.8) is 0 Å². The van der Waals surface area contributed by atoms with Crippen molar-refractivity contribution < 1.29 is 0 Å². The van der Waals surface area contributed by atoms with Gasteiger partial charge in [-0.1, -0.05) is 29.3 Å². The first-order chi connectivity index (χ1) is 14.4. The summed E-state index contributed by atoms with van der Waals surface area (Å²) in [5.74, 6) is 1.30. The Morgan fingerprint density at radius 1 is 1.07 bits per heavy atom. The quantitative estimate of drug-likeness (QED) is 0.440. The molecule has 0 unspecified atom stereocenters. The van der Waals surface area contributed by atoms with Crippen LogP contribution in [-0.4, -0.2) is 42.5 Å². The minimum atomic E-state index is -0.427. The Morgan fingerprint density at radius 3 is 2.67 bits per heavy atom. The average Bonchev–Trinajstić information content (AvgIpc) is 3.19. The molecule has 154 valence electrons. The van der Waals surface area contributed by atoms with Crippen LogP contribution in [0.1, 0.15) is 11.3 Å². The summed E-state index contributed by atoms with van der Waals surface area (Å²) in [6, 6.07) is 7.15. The molecule has 11 heteroatoms. The van der Waals surface area contributed by atoms with Crippen molar-refractivity contribution in [3.8, 4) is 5.69 Å². The molecule has 0 saturated carbocycles. The fraction of sp³-hybridized carbons (Fsp3) is 0.211. The third-order valence-electron chi connectivity index (χ3n) is 4.45. The molecular formula is C19H18Cl2N8O. The van der Waals surface area contributed by atoms with Crippen molar-refractivity contribution in [2.75, 3.05) is 23.7 Å². The van der Waals surface area contributed by atoms with E-state index in [4.69, 9.17) is 23.2 Å². The SMILES string of the molecule is Cc1cc(NCCNc2cnn(-c3ccc(C)c(Cl)c3)c(=O)c2Cl)n2ncnc2n1. The van der Waals surface area contributed by atoms with Crippen molar-refractivity contribution in [2.45, 2.75) is 13.8 Å². The second-order valence-corrected chi connectivity index (χ2v) is 7.42. The van der Waals surface area contributed by atoms with Gasteiger partial charge in [-0.2, -0.15) is 24.4 Å². The minimum Gasteiger partial charge on any atom is -0.381 e. The number of halogens is 2. The molecule has 3 aromatic heterocycles. The van der Waals surface area contributed by atoms with Crippen LogP contribution < -0.4 is 16.2 Å². The standard InChI is InChI=1S/C19H18Cl2N8O/c1-11-3-4-13(8-14(11)20)28-18(30)17(21)15(9-25-28)22-5-6-23-16-7-12(2)27-19-24-10-26-29(16)19/h3-4,7-10,22-23H,5-6H2,1-2H3. The molecule has 0 bridgehead atoms. The largest absolute Gasteiger partial charge is 0.381 e. The van der Waals surface area contributed by atoms with E-state index in [1.54, 1.807) is 16.6 Å². The van der Waals surface area contributed by atoms with Crippen LogP contribution in [0.3, 0.4) is 0 Å². The monoisotopic (exact) mass is 444 g/mol. The number of fused-ring (bicyclic) bond motifs is 1. The fourth-order valence-corrected chi connectivity index (χ4v) is 3.27. The van der Waals surface area contributed by atoms with Gasteiger partial charge in [0.1, 0.15) is 17.2 Å². The lowest BCUT2D eigenvalue weighted by Gasteiger charge is -2.12. The van der Waals surface area contributed by atoms with Gasteiger partial charge in [0, 0.05) is 29.9 Å². The molecule has 0 aliphatic carbocycles. The third kappa shape index (κ3) is 3.94. The number of hydrogen-bond acceptors (Lipinski definition) is 7. The molecule has 0 spiro atoms. The summed E-state index contributed by atoms with van der Waals surface area (Å²) in [7, 11) is 0. The number of aryl methyl sites for hydroxylation is 2. The van der Waals surface area contributed by atoms with Crippen LogP contribution in [0.25, 0.3) is 11.5 Å². The van der Waals surface area contributed by atoms with Crippen molar-refractivity contribution in [1.29, 1.82) is 0 Å². The second kappa shape index (κ2) is 8.29. The normalized spacial score (nSPS) is 11.1. The molecule has 4 rings (SSSR count). The lowest BCUT2D eigenvalue weighted by atomic mass is 10.2. The Bertz CT molecular complexity index is 1280. The Balaban J connectivity index is 1.45. The van der Waals surface area contributed by atoms with E-state index in [1.165, 1.54) is 17.2 Å². The van der Waals surface area contributed by atoms with Crippen LogP contribution in [0.15, 0.2) is 41.6 Å². The average molecular weight is 445 g/mol. The number of benzene rings is 1. The first-order valence-electron chi connectivity index (χ1n) is 9.13. The van der Waals surface area contributed by atoms with Gasteiger partial charge in [-0.3, -0.25) is 4.79 Å². The molecule has 30 heavy (non-hydrogen) atoms. The highest BCUT2D eigenvalue weighted by Crippen LogP contribution is 2.20. The van der Waals surface area contributed by atoms with Crippen LogP contribution in [0.4, 0.5) is 11.5 Å². The van der Waals surface area contributed by atoms with E-state index < -0.39 is 5.56 Å². The summed E-state index contributed by atoms with van der Waals surface area (Å²) in [4.78, 5) is 21.0. The molecule has 0 fully saturated rings. The van der Waals surface area contributed by atoms with Crippen LogP contribution in [0.5, 0.6) is 0 Å². The van der Waals surface area contributed by atoms with Crippen LogP contribution >= 0.6 is 23.2 Å². The molecule has 0 radical (unpaired) electrons. The van der Waals surface area contributed by atoms with E-state index in [2.05, 4.69) is 30.8 Å². The van der Waals surface area contributed by atoms with Gasteiger partial charge in [0.25, 0.3) is 11.3 Å². The fourth-order valence-electron chi connectivity index (χ4n) is 2.90. The second-order valence-electron chi connectivity index (χ2n) is 6.63. The van der Waals surface area contributed by atoms with Crippen molar-refractivity contribution in [2.24, 2.45) is 0 Å². The van der Waals surface area contributed by atoms with Crippen LogP contribution in [-0.2, 0) is 0 Å². The van der Waals surface area contributed by atoms with E-state index in [0.717, 1.165) is 17.1 Å². The summed E-state index contributed by atoms with van der Waals surface area (Å²) in [6.45, 7) is 4.82.